The van der Waals surface area contributed by atoms with E-state index in [2.05, 4.69) is 38.0 Å². The van der Waals surface area contributed by atoms with Gasteiger partial charge in [-0.2, -0.15) is 5.10 Å². The van der Waals surface area contributed by atoms with E-state index in [0.717, 1.165) is 34.4 Å². The Bertz CT molecular complexity index is 1760. The number of aryl methyl sites for hydroxylation is 3. The van der Waals surface area contributed by atoms with Gasteiger partial charge in [-0.1, -0.05) is 22.4 Å². The number of likely N-dealkylation sites (tertiary alicyclic amines) is 1. The molecular weight excluding hydrogens is 622 g/mol. The normalized spacial score (nSPS) is 18.7. The van der Waals surface area contributed by atoms with Gasteiger partial charge in [-0.3, -0.25) is 9.59 Å². The average Bonchev–Trinajstić information content (AvgIpc) is 3.35. The molecule has 1 aromatic carbocycles. The first-order valence-electron chi connectivity index (χ1n) is 15.2. The molecule has 1 amide bonds. The van der Waals surface area contributed by atoms with Crippen LogP contribution in [0.4, 0.5) is 0 Å². The third kappa shape index (κ3) is 5.82. The van der Waals surface area contributed by atoms with Crippen LogP contribution < -0.4 is 10.3 Å². The first-order valence-corrected chi connectivity index (χ1v) is 15.9. The topological polar surface area (TPSA) is 98.4 Å². The number of hydrogen-bond donors (Lipinski definition) is 0. The number of pyridine rings is 1. The van der Waals surface area contributed by atoms with E-state index < -0.39 is 0 Å². The Kier molecular flexibility index (Phi) is 8.43. The van der Waals surface area contributed by atoms with Gasteiger partial charge in [-0.25, -0.2) is 19.2 Å². The molecule has 2 atom stereocenters. The second-order valence-corrected chi connectivity index (χ2v) is 12.9. The lowest BCUT2D eigenvalue weighted by atomic mass is 9.98. The van der Waals surface area contributed by atoms with Gasteiger partial charge in [0.25, 0.3) is 11.5 Å². The molecule has 0 spiro atoms. The molecule has 2 aliphatic heterocycles. The zero-order valence-corrected chi connectivity index (χ0v) is 27.5. The summed E-state index contributed by atoms with van der Waals surface area (Å²) in [6.45, 7) is 9.66. The van der Waals surface area contributed by atoms with E-state index in [1.165, 1.54) is 12.8 Å². The highest BCUT2D eigenvalue weighted by molar-refractivity contribution is 9.10. The Morgan fingerprint density at radius 3 is 2.61 bits per heavy atom. The molecule has 0 N–H and O–H groups in total. The van der Waals surface area contributed by atoms with Crippen LogP contribution in [0.25, 0.3) is 11.6 Å². The van der Waals surface area contributed by atoms with Gasteiger partial charge >= 0.3 is 0 Å². The van der Waals surface area contributed by atoms with Crippen LogP contribution in [0.2, 0.25) is 0 Å². The van der Waals surface area contributed by atoms with Gasteiger partial charge in [-0.15, -0.1) is 0 Å². The number of rotatable bonds is 6. The molecule has 4 aromatic rings. The maximum atomic E-state index is 14.3. The number of ether oxygens (including phenoxy) is 1. The summed E-state index contributed by atoms with van der Waals surface area (Å²) in [6, 6.07) is 11.4. The van der Waals surface area contributed by atoms with E-state index >= 15 is 0 Å². The van der Waals surface area contributed by atoms with Gasteiger partial charge in [0.1, 0.15) is 6.61 Å². The van der Waals surface area contributed by atoms with Gasteiger partial charge in [-0.05, 0) is 96.4 Å². The summed E-state index contributed by atoms with van der Waals surface area (Å²) in [5.74, 6) is 0.794. The largest absolute Gasteiger partial charge is 0.476 e. The third-order valence-corrected chi connectivity index (χ3v) is 9.67. The summed E-state index contributed by atoms with van der Waals surface area (Å²) in [4.78, 5) is 41.6. The van der Waals surface area contributed by atoms with Crippen LogP contribution in [0.1, 0.15) is 64.8 Å². The molecule has 6 rings (SSSR count). The molecule has 1 fully saturated rings. The van der Waals surface area contributed by atoms with Gasteiger partial charge in [0.15, 0.2) is 0 Å². The number of halogens is 1. The fourth-order valence-electron chi connectivity index (χ4n) is 6.19. The molecule has 44 heavy (non-hydrogen) atoms. The molecule has 5 heterocycles. The van der Waals surface area contributed by atoms with Crippen LogP contribution in [0, 0.1) is 20.8 Å². The van der Waals surface area contributed by atoms with Crippen molar-refractivity contribution < 1.29 is 9.53 Å². The summed E-state index contributed by atoms with van der Waals surface area (Å²) in [5, 5.41) is 4.66. The number of aromatic nitrogens is 5. The maximum absolute atomic E-state index is 14.3. The Balaban J connectivity index is 1.35. The van der Waals surface area contributed by atoms with Crippen LogP contribution in [-0.4, -0.2) is 72.3 Å². The molecule has 3 aromatic heterocycles. The molecule has 0 saturated carbocycles. The van der Waals surface area contributed by atoms with Crippen LogP contribution >= 0.6 is 15.9 Å². The number of benzene rings is 1. The van der Waals surface area contributed by atoms with Gasteiger partial charge in [0, 0.05) is 39.4 Å². The smallest absolute Gasteiger partial charge is 0.263 e. The number of hydrogen-bond acceptors (Lipinski definition) is 7. The minimum atomic E-state index is -0.187. The lowest BCUT2D eigenvalue weighted by Crippen LogP contribution is -2.46. The third-order valence-electron chi connectivity index (χ3n) is 8.79. The monoisotopic (exact) mass is 659 g/mol. The van der Waals surface area contributed by atoms with Gasteiger partial charge in [0.05, 0.1) is 29.8 Å². The highest BCUT2D eigenvalue weighted by atomic mass is 79.9. The predicted molar refractivity (Wildman–Crippen MR) is 172 cm³/mol. The van der Waals surface area contributed by atoms with E-state index in [-0.39, 0.29) is 24.1 Å². The van der Waals surface area contributed by atoms with Crippen LogP contribution in [0.15, 0.2) is 51.9 Å². The Hall–Kier alpha value is -3.83. The van der Waals surface area contributed by atoms with Gasteiger partial charge < -0.3 is 14.5 Å². The Morgan fingerprint density at radius 1 is 1.11 bits per heavy atom. The molecule has 0 aliphatic carbocycles. The fraction of sp³-hybridized carbons (Fsp3) is 0.424. The average molecular weight is 661 g/mol. The molecule has 0 radical (unpaired) electrons. The number of fused-ring (bicyclic) bond motifs is 1. The summed E-state index contributed by atoms with van der Waals surface area (Å²) >= 11 is 3.52. The van der Waals surface area contributed by atoms with E-state index in [0.29, 0.717) is 53.4 Å². The first-order chi connectivity index (χ1) is 21.1. The van der Waals surface area contributed by atoms with Crippen molar-refractivity contribution in [3.8, 4) is 17.5 Å². The number of nitrogens with zero attached hydrogens (tertiary/aromatic N) is 7. The van der Waals surface area contributed by atoms with Crippen molar-refractivity contribution >= 4 is 21.8 Å². The lowest BCUT2D eigenvalue weighted by Gasteiger charge is -2.34. The van der Waals surface area contributed by atoms with Crippen molar-refractivity contribution in [3.63, 3.8) is 0 Å². The number of piperidine rings is 1. The molecule has 2 aliphatic rings. The standard InChI is InChI=1S/C33H38BrN7O3/c1-20-14-24(9-11-28(20)34)31(42)39-18-29-27(16-22(39)3)32(43)40(33(36-29)41-23(4)15-21(2)37-41)25-10-12-30(35-17-25)44-19-26-8-6-7-13-38(26)5/h9-12,14-15,17,22,26H,6-8,13,16,18-19H2,1-5H3/t22-,26?/m1/s1. The minimum Gasteiger partial charge on any atom is -0.476 e. The summed E-state index contributed by atoms with van der Waals surface area (Å²) in [7, 11) is 2.14. The first kappa shape index (κ1) is 30.2. The molecule has 11 heteroatoms. The molecule has 230 valence electrons. The number of carbonyl (C=O) groups excluding carboxylic acids is 1. The maximum Gasteiger partial charge on any atom is 0.263 e. The Labute approximate surface area is 265 Å². The van der Waals surface area contributed by atoms with E-state index in [1.807, 2.05) is 58.0 Å². The SMILES string of the molecule is Cc1cc(C)n(-c2nc3c(c(=O)n2-c2ccc(OCC4CCCCN4C)nc2)C[C@@H](C)N(C(=O)c2ccc(Br)c(C)c2)C3)n1. The molecule has 1 saturated heterocycles. The van der Waals surface area contributed by atoms with Crippen molar-refractivity contribution in [2.45, 2.75) is 72.0 Å². The second-order valence-electron chi connectivity index (χ2n) is 12.1. The number of amides is 1. The van der Waals surface area contributed by atoms with Crippen molar-refractivity contribution in [3.05, 3.63) is 91.2 Å². The van der Waals surface area contributed by atoms with E-state index in [4.69, 9.17) is 9.72 Å². The fourth-order valence-corrected chi connectivity index (χ4v) is 6.44. The zero-order chi connectivity index (χ0) is 31.1. The van der Waals surface area contributed by atoms with Crippen LogP contribution in [0.3, 0.4) is 0 Å². The minimum absolute atomic E-state index is 0.0865. The van der Waals surface area contributed by atoms with Crippen molar-refractivity contribution in [1.29, 1.82) is 0 Å². The van der Waals surface area contributed by atoms with E-state index in [9.17, 15) is 9.59 Å². The molecular formula is C33H38BrN7O3. The summed E-state index contributed by atoms with van der Waals surface area (Å²) < 4.78 is 10.3. The highest BCUT2D eigenvalue weighted by Crippen LogP contribution is 2.26. The molecule has 0 bridgehead atoms. The molecule has 10 nitrogen and oxygen atoms in total. The van der Waals surface area contributed by atoms with Crippen molar-refractivity contribution in [1.82, 2.24) is 34.1 Å². The zero-order valence-electron chi connectivity index (χ0n) is 25.9. The Morgan fingerprint density at radius 2 is 1.93 bits per heavy atom. The van der Waals surface area contributed by atoms with Crippen molar-refractivity contribution in [2.24, 2.45) is 0 Å². The summed E-state index contributed by atoms with van der Waals surface area (Å²) in [5.41, 5.74) is 4.82. The summed E-state index contributed by atoms with van der Waals surface area (Å²) in [6.07, 6.45) is 5.59. The van der Waals surface area contributed by atoms with E-state index in [1.54, 1.807) is 26.4 Å². The lowest BCUT2D eigenvalue weighted by molar-refractivity contribution is 0.0652. The van der Waals surface area contributed by atoms with Crippen LogP contribution in [-0.2, 0) is 13.0 Å². The molecule has 1 unspecified atom stereocenters. The van der Waals surface area contributed by atoms with Crippen LogP contribution in [0.5, 0.6) is 5.88 Å². The predicted octanol–water partition coefficient (Wildman–Crippen LogP) is 4.95. The second kappa shape index (κ2) is 12.3. The van der Waals surface area contributed by atoms with Gasteiger partial charge in [0.2, 0.25) is 11.8 Å². The van der Waals surface area contributed by atoms with Crippen molar-refractivity contribution in [2.75, 3.05) is 20.2 Å². The number of carbonyl (C=O) groups is 1. The highest BCUT2D eigenvalue weighted by Gasteiger charge is 2.32. The number of likely N-dealkylation sites (N-methyl/N-ethyl adjacent to an activating group) is 1. The quantitative estimate of drug-likeness (QED) is 0.289.